The van der Waals surface area contributed by atoms with Crippen molar-refractivity contribution in [1.82, 2.24) is 10.0 Å². The van der Waals surface area contributed by atoms with Crippen LogP contribution in [0, 0.1) is 11.8 Å². The molecule has 5 heteroatoms. The van der Waals surface area contributed by atoms with Gasteiger partial charge in [0.1, 0.15) is 0 Å². The highest BCUT2D eigenvalue weighted by molar-refractivity contribution is 7.89. The molecule has 21 heavy (non-hydrogen) atoms. The van der Waals surface area contributed by atoms with E-state index in [-0.39, 0.29) is 6.04 Å². The van der Waals surface area contributed by atoms with E-state index in [2.05, 4.69) is 23.9 Å². The molecule has 0 spiro atoms. The van der Waals surface area contributed by atoms with Crippen molar-refractivity contribution in [2.45, 2.75) is 57.1 Å². The standard InChI is InChI=1S/C16H24N2O2S/c1-11-5-12(2)7-15(6-11)18-21(19,20)16-4-3-13-9-17-10-14(13)8-16/h3-4,8,11-12,15,17-18H,5-7,9-10H2,1-2H3. The smallest absolute Gasteiger partial charge is 0.240 e. The molecule has 1 saturated carbocycles. The fourth-order valence-electron chi connectivity index (χ4n) is 3.77. The van der Waals surface area contributed by atoms with Gasteiger partial charge in [-0.2, -0.15) is 0 Å². The molecule has 0 radical (unpaired) electrons. The molecule has 0 amide bonds. The number of sulfonamides is 1. The van der Waals surface area contributed by atoms with Gasteiger partial charge in [0.15, 0.2) is 0 Å². The lowest BCUT2D eigenvalue weighted by atomic mass is 9.81. The summed E-state index contributed by atoms with van der Waals surface area (Å²) in [5.41, 5.74) is 2.30. The first-order valence-corrected chi connectivity index (χ1v) is 9.27. The Morgan fingerprint density at radius 2 is 1.71 bits per heavy atom. The Morgan fingerprint density at radius 3 is 2.43 bits per heavy atom. The van der Waals surface area contributed by atoms with Gasteiger partial charge in [-0.15, -0.1) is 0 Å². The summed E-state index contributed by atoms with van der Waals surface area (Å²) in [6, 6.07) is 5.54. The summed E-state index contributed by atoms with van der Waals surface area (Å²) in [4.78, 5) is 0.399. The molecule has 1 aliphatic heterocycles. The molecule has 4 nitrogen and oxygen atoms in total. The minimum atomic E-state index is -3.41. The van der Waals surface area contributed by atoms with Crippen molar-refractivity contribution in [1.29, 1.82) is 0 Å². The number of fused-ring (bicyclic) bond motifs is 1. The summed E-state index contributed by atoms with van der Waals surface area (Å²) in [5.74, 6) is 1.18. The van der Waals surface area contributed by atoms with Gasteiger partial charge >= 0.3 is 0 Å². The van der Waals surface area contributed by atoms with Crippen molar-refractivity contribution in [3.8, 4) is 0 Å². The second-order valence-corrected chi connectivity index (χ2v) is 8.48. The summed E-state index contributed by atoms with van der Waals surface area (Å²) in [5, 5.41) is 3.24. The zero-order chi connectivity index (χ0) is 15.0. The van der Waals surface area contributed by atoms with Gasteiger partial charge in [0.05, 0.1) is 4.90 Å². The van der Waals surface area contributed by atoms with Gasteiger partial charge in [-0.1, -0.05) is 19.9 Å². The Morgan fingerprint density at radius 1 is 1.05 bits per heavy atom. The zero-order valence-electron chi connectivity index (χ0n) is 12.7. The van der Waals surface area contributed by atoms with E-state index in [9.17, 15) is 8.42 Å². The van der Waals surface area contributed by atoms with E-state index in [4.69, 9.17) is 0 Å². The number of benzene rings is 1. The maximum absolute atomic E-state index is 12.6. The van der Waals surface area contributed by atoms with Crippen LogP contribution in [-0.4, -0.2) is 14.5 Å². The molecular formula is C16H24N2O2S. The Kier molecular flexibility index (Phi) is 4.08. The second-order valence-electron chi connectivity index (χ2n) is 6.77. The van der Waals surface area contributed by atoms with E-state index in [0.717, 1.165) is 31.5 Å². The number of rotatable bonds is 3. The van der Waals surface area contributed by atoms with Crippen molar-refractivity contribution in [2.24, 2.45) is 11.8 Å². The minimum Gasteiger partial charge on any atom is -0.309 e. The Bertz CT molecular complexity index is 617. The van der Waals surface area contributed by atoms with E-state index in [0.29, 0.717) is 16.7 Å². The average molecular weight is 308 g/mol. The number of hydrogen-bond donors (Lipinski definition) is 2. The predicted molar refractivity (Wildman–Crippen MR) is 83.3 cm³/mol. The lowest BCUT2D eigenvalue weighted by Crippen LogP contribution is -2.40. The first kappa shape index (κ1) is 15.0. The van der Waals surface area contributed by atoms with Crippen LogP contribution < -0.4 is 10.0 Å². The fraction of sp³-hybridized carbons (Fsp3) is 0.625. The third-order valence-corrected chi connectivity index (χ3v) is 6.14. The van der Waals surface area contributed by atoms with Crippen LogP contribution in [0.4, 0.5) is 0 Å². The maximum Gasteiger partial charge on any atom is 0.240 e. The Labute approximate surface area is 127 Å². The van der Waals surface area contributed by atoms with Crippen LogP contribution in [0.1, 0.15) is 44.2 Å². The Hall–Kier alpha value is -0.910. The molecule has 116 valence electrons. The van der Waals surface area contributed by atoms with Crippen LogP contribution in [0.3, 0.4) is 0 Å². The highest BCUT2D eigenvalue weighted by Gasteiger charge is 2.28. The van der Waals surface area contributed by atoms with Crippen LogP contribution in [0.15, 0.2) is 23.1 Å². The molecule has 0 bridgehead atoms. The van der Waals surface area contributed by atoms with Crippen LogP contribution in [0.5, 0.6) is 0 Å². The van der Waals surface area contributed by atoms with E-state index >= 15 is 0 Å². The van der Waals surface area contributed by atoms with Crippen molar-refractivity contribution >= 4 is 10.0 Å². The van der Waals surface area contributed by atoms with E-state index in [1.54, 1.807) is 6.07 Å². The number of nitrogens with one attached hydrogen (secondary N) is 2. The molecule has 1 heterocycles. The summed E-state index contributed by atoms with van der Waals surface area (Å²) in [6.45, 7) is 6.01. The van der Waals surface area contributed by atoms with Gasteiger partial charge in [-0.25, -0.2) is 13.1 Å². The van der Waals surface area contributed by atoms with E-state index < -0.39 is 10.0 Å². The minimum absolute atomic E-state index is 0.0696. The number of hydrogen-bond acceptors (Lipinski definition) is 3. The van der Waals surface area contributed by atoms with Crippen molar-refractivity contribution in [2.75, 3.05) is 0 Å². The fourth-order valence-corrected chi connectivity index (χ4v) is 5.08. The lowest BCUT2D eigenvalue weighted by Gasteiger charge is -2.31. The van der Waals surface area contributed by atoms with Crippen LogP contribution in [0.2, 0.25) is 0 Å². The highest BCUT2D eigenvalue weighted by Crippen LogP contribution is 2.29. The molecule has 3 rings (SSSR count). The normalized spacial score (nSPS) is 29.3. The monoisotopic (exact) mass is 308 g/mol. The predicted octanol–water partition coefficient (Wildman–Crippen LogP) is 2.39. The van der Waals surface area contributed by atoms with Crippen molar-refractivity contribution < 1.29 is 8.42 Å². The van der Waals surface area contributed by atoms with Gasteiger partial charge in [0, 0.05) is 19.1 Å². The SMILES string of the molecule is CC1CC(C)CC(NS(=O)(=O)c2ccc3c(c2)CNC3)C1. The van der Waals surface area contributed by atoms with Crippen LogP contribution in [-0.2, 0) is 23.1 Å². The molecule has 2 aliphatic rings. The van der Waals surface area contributed by atoms with Crippen LogP contribution in [0.25, 0.3) is 0 Å². The van der Waals surface area contributed by atoms with Crippen molar-refractivity contribution in [3.63, 3.8) is 0 Å². The van der Waals surface area contributed by atoms with Crippen molar-refractivity contribution in [3.05, 3.63) is 29.3 Å². The molecule has 1 aliphatic carbocycles. The van der Waals surface area contributed by atoms with E-state index in [1.165, 1.54) is 12.0 Å². The molecule has 2 N–H and O–H groups in total. The first-order chi connectivity index (χ1) is 9.94. The maximum atomic E-state index is 12.6. The van der Waals surface area contributed by atoms with Gasteiger partial charge in [-0.3, -0.25) is 0 Å². The third-order valence-electron chi connectivity index (χ3n) is 4.62. The highest BCUT2D eigenvalue weighted by atomic mass is 32.2. The largest absolute Gasteiger partial charge is 0.309 e. The van der Waals surface area contributed by atoms with Crippen LogP contribution >= 0.6 is 0 Å². The molecule has 2 unspecified atom stereocenters. The second kappa shape index (κ2) is 5.71. The molecule has 1 aromatic rings. The Balaban J connectivity index is 1.77. The molecule has 2 atom stereocenters. The van der Waals surface area contributed by atoms with Gasteiger partial charge in [0.2, 0.25) is 10.0 Å². The lowest BCUT2D eigenvalue weighted by molar-refractivity contribution is 0.257. The van der Waals surface area contributed by atoms with E-state index in [1.807, 2.05) is 12.1 Å². The topological polar surface area (TPSA) is 58.2 Å². The molecule has 0 aromatic heterocycles. The molecule has 1 aromatic carbocycles. The summed E-state index contributed by atoms with van der Waals surface area (Å²) in [7, 11) is -3.41. The van der Waals surface area contributed by atoms with Gasteiger partial charge in [0.25, 0.3) is 0 Å². The molecular weight excluding hydrogens is 284 g/mol. The molecule has 1 fully saturated rings. The average Bonchev–Trinajstić information content (AvgIpc) is 2.83. The molecule has 0 saturated heterocycles. The van der Waals surface area contributed by atoms with Gasteiger partial charge in [-0.05, 0) is 54.4 Å². The quantitative estimate of drug-likeness (QED) is 0.901. The van der Waals surface area contributed by atoms with Gasteiger partial charge < -0.3 is 5.32 Å². The zero-order valence-corrected chi connectivity index (χ0v) is 13.5. The summed E-state index contributed by atoms with van der Waals surface area (Å²) >= 11 is 0. The first-order valence-electron chi connectivity index (χ1n) is 7.79. The summed E-state index contributed by atoms with van der Waals surface area (Å²) in [6.07, 6.45) is 3.08. The third kappa shape index (κ3) is 3.30. The summed E-state index contributed by atoms with van der Waals surface area (Å²) < 4.78 is 28.1.